The van der Waals surface area contributed by atoms with Crippen LogP contribution in [-0.2, 0) is 9.59 Å². The Morgan fingerprint density at radius 3 is 2.21 bits per heavy atom. The Balaban J connectivity index is 2.68. The van der Waals surface area contributed by atoms with Crippen LogP contribution in [-0.4, -0.2) is 36.9 Å². The molecule has 0 fully saturated rings. The number of likely N-dealkylation sites (N-methyl/N-ethyl adjacent to an activating group) is 1. The third-order valence-electron chi connectivity index (χ3n) is 2.89. The molecule has 0 aliphatic rings. The Morgan fingerprint density at radius 2 is 1.74 bits per heavy atom. The van der Waals surface area contributed by atoms with E-state index in [0.29, 0.717) is 0 Å². The molecule has 0 saturated carbocycles. The molecule has 5 nitrogen and oxygen atoms in total. The van der Waals surface area contributed by atoms with Crippen LogP contribution in [0.2, 0.25) is 0 Å². The maximum atomic E-state index is 12.0. The molecule has 0 spiro atoms. The molecular weight excluding hydrogens is 242 g/mol. The zero-order valence-electron chi connectivity index (χ0n) is 11.8. The van der Waals surface area contributed by atoms with Gasteiger partial charge in [-0.2, -0.15) is 0 Å². The standard InChI is InChI=1S/C14H21N3O2/c1-9-5-7-11(8-6-9)12(15)13(18)16-10(2)14(19)17(3)4/h5-8,10,12H,15H2,1-4H3,(H,16,18). The predicted molar refractivity (Wildman–Crippen MR) is 74.4 cm³/mol. The number of nitrogens with zero attached hydrogens (tertiary/aromatic N) is 1. The van der Waals surface area contributed by atoms with Gasteiger partial charge < -0.3 is 16.0 Å². The highest BCUT2D eigenvalue weighted by molar-refractivity contribution is 5.89. The molecule has 1 rings (SSSR count). The lowest BCUT2D eigenvalue weighted by molar-refractivity contribution is -0.134. The molecule has 5 heteroatoms. The summed E-state index contributed by atoms with van der Waals surface area (Å²) in [5.41, 5.74) is 7.71. The van der Waals surface area contributed by atoms with Crippen LogP contribution >= 0.6 is 0 Å². The van der Waals surface area contributed by atoms with Crippen molar-refractivity contribution in [3.05, 3.63) is 35.4 Å². The Morgan fingerprint density at radius 1 is 1.21 bits per heavy atom. The van der Waals surface area contributed by atoms with Crippen molar-refractivity contribution in [2.45, 2.75) is 25.9 Å². The lowest BCUT2D eigenvalue weighted by atomic mass is 10.1. The second kappa shape index (κ2) is 6.33. The molecule has 1 aromatic carbocycles. The Hall–Kier alpha value is -1.88. The molecule has 19 heavy (non-hydrogen) atoms. The van der Waals surface area contributed by atoms with Gasteiger partial charge in [0.1, 0.15) is 12.1 Å². The summed E-state index contributed by atoms with van der Waals surface area (Å²) in [4.78, 5) is 25.0. The molecule has 0 heterocycles. The van der Waals surface area contributed by atoms with Crippen LogP contribution in [0, 0.1) is 6.92 Å². The molecule has 0 aliphatic carbocycles. The van der Waals surface area contributed by atoms with E-state index < -0.39 is 12.1 Å². The average molecular weight is 263 g/mol. The van der Waals surface area contributed by atoms with Gasteiger partial charge in [-0.15, -0.1) is 0 Å². The third-order valence-corrected chi connectivity index (χ3v) is 2.89. The zero-order chi connectivity index (χ0) is 14.6. The number of carbonyl (C=O) groups excluding carboxylic acids is 2. The summed E-state index contributed by atoms with van der Waals surface area (Å²) < 4.78 is 0. The fraction of sp³-hybridized carbons (Fsp3) is 0.429. The maximum absolute atomic E-state index is 12.0. The van der Waals surface area contributed by atoms with Crippen LogP contribution in [0.4, 0.5) is 0 Å². The van der Waals surface area contributed by atoms with Gasteiger partial charge in [-0.1, -0.05) is 29.8 Å². The summed E-state index contributed by atoms with van der Waals surface area (Å²) >= 11 is 0. The molecule has 3 N–H and O–H groups in total. The number of nitrogens with one attached hydrogen (secondary N) is 1. The van der Waals surface area contributed by atoms with E-state index in [2.05, 4.69) is 5.32 Å². The number of rotatable bonds is 4. The molecule has 2 unspecified atom stereocenters. The van der Waals surface area contributed by atoms with E-state index in [1.54, 1.807) is 21.0 Å². The highest BCUT2D eigenvalue weighted by atomic mass is 16.2. The van der Waals surface area contributed by atoms with E-state index in [-0.39, 0.29) is 11.8 Å². The van der Waals surface area contributed by atoms with E-state index in [1.165, 1.54) is 4.90 Å². The van der Waals surface area contributed by atoms with Crippen LogP contribution in [0.15, 0.2) is 24.3 Å². The van der Waals surface area contributed by atoms with Crippen LogP contribution in [0.25, 0.3) is 0 Å². The molecule has 2 amide bonds. The van der Waals surface area contributed by atoms with E-state index in [4.69, 9.17) is 5.73 Å². The zero-order valence-corrected chi connectivity index (χ0v) is 11.8. The first-order valence-corrected chi connectivity index (χ1v) is 6.16. The first-order chi connectivity index (χ1) is 8.82. The minimum Gasteiger partial charge on any atom is -0.347 e. The molecule has 0 bridgehead atoms. The van der Waals surface area contributed by atoms with Gasteiger partial charge in [0, 0.05) is 14.1 Å². The monoisotopic (exact) mass is 263 g/mol. The van der Waals surface area contributed by atoms with Crippen LogP contribution in [0.5, 0.6) is 0 Å². The highest BCUT2D eigenvalue weighted by Crippen LogP contribution is 2.11. The van der Waals surface area contributed by atoms with Crippen LogP contribution in [0.3, 0.4) is 0 Å². The highest BCUT2D eigenvalue weighted by Gasteiger charge is 2.21. The van der Waals surface area contributed by atoms with Gasteiger partial charge in [0.2, 0.25) is 11.8 Å². The largest absolute Gasteiger partial charge is 0.347 e. The number of hydrogen-bond donors (Lipinski definition) is 2. The summed E-state index contributed by atoms with van der Waals surface area (Å²) in [7, 11) is 3.29. The molecule has 2 atom stereocenters. The fourth-order valence-corrected chi connectivity index (χ4v) is 1.68. The number of nitrogens with two attached hydrogens (primary N) is 1. The topological polar surface area (TPSA) is 75.4 Å². The quantitative estimate of drug-likeness (QED) is 0.834. The number of hydrogen-bond acceptors (Lipinski definition) is 3. The van der Waals surface area contributed by atoms with Gasteiger partial charge in [0.25, 0.3) is 0 Å². The van der Waals surface area contributed by atoms with Gasteiger partial charge in [0.05, 0.1) is 0 Å². The lowest BCUT2D eigenvalue weighted by Crippen LogP contribution is -2.47. The molecule has 104 valence electrons. The van der Waals surface area contributed by atoms with E-state index in [9.17, 15) is 9.59 Å². The van der Waals surface area contributed by atoms with Crippen molar-refractivity contribution in [3.63, 3.8) is 0 Å². The summed E-state index contributed by atoms with van der Waals surface area (Å²) in [6.45, 7) is 3.61. The number of benzene rings is 1. The summed E-state index contributed by atoms with van der Waals surface area (Å²) in [5, 5.41) is 2.62. The van der Waals surface area contributed by atoms with Crippen molar-refractivity contribution >= 4 is 11.8 Å². The SMILES string of the molecule is Cc1ccc(C(N)C(=O)NC(C)C(=O)N(C)C)cc1. The smallest absolute Gasteiger partial charge is 0.244 e. The maximum Gasteiger partial charge on any atom is 0.244 e. The van der Waals surface area contributed by atoms with Crippen molar-refractivity contribution < 1.29 is 9.59 Å². The van der Waals surface area contributed by atoms with Crippen molar-refractivity contribution in [1.29, 1.82) is 0 Å². The van der Waals surface area contributed by atoms with E-state index in [1.807, 2.05) is 31.2 Å². The average Bonchev–Trinajstić information content (AvgIpc) is 2.37. The lowest BCUT2D eigenvalue weighted by Gasteiger charge is -2.20. The summed E-state index contributed by atoms with van der Waals surface area (Å²) in [5.74, 6) is -0.518. The predicted octanol–water partition coefficient (Wildman–Crippen LogP) is 0.588. The Bertz CT molecular complexity index is 454. The van der Waals surface area contributed by atoms with Crippen molar-refractivity contribution in [3.8, 4) is 0 Å². The van der Waals surface area contributed by atoms with Crippen LogP contribution in [0.1, 0.15) is 24.1 Å². The second-order valence-corrected chi connectivity index (χ2v) is 4.85. The van der Waals surface area contributed by atoms with Crippen molar-refractivity contribution in [2.75, 3.05) is 14.1 Å². The molecule has 0 saturated heterocycles. The number of carbonyl (C=O) groups is 2. The van der Waals surface area contributed by atoms with Crippen LogP contribution < -0.4 is 11.1 Å². The fourth-order valence-electron chi connectivity index (χ4n) is 1.68. The molecule has 0 aromatic heterocycles. The summed E-state index contributed by atoms with van der Waals surface area (Å²) in [6, 6.07) is 6.08. The number of amides is 2. The third kappa shape index (κ3) is 4.06. The Kier molecular flexibility index (Phi) is 5.06. The van der Waals surface area contributed by atoms with Crippen molar-refractivity contribution in [1.82, 2.24) is 10.2 Å². The first-order valence-electron chi connectivity index (χ1n) is 6.16. The van der Waals surface area contributed by atoms with E-state index >= 15 is 0 Å². The minimum absolute atomic E-state index is 0.163. The summed E-state index contributed by atoms with van der Waals surface area (Å²) in [6.07, 6.45) is 0. The van der Waals surface area contributed by atoms with Gasteiger partial charge >= 0.3 is 0 Å². The minimum atomic E-state index is -0.766. The molecular formula is C14H21N3O2. The van der Waals surface area contributed by atoms with Gasteiger partial charge in [-0.05, 0) is 19.4 Å². The normalized spacial score (nSPS) is 13.5. The molecule has 1 aromatic rings. The Labute approximate surface area is 113 Å². The van der Waals surface area contributed by atoms with Crippen molar-refractivity contribution in [2.24, 2.45) is 5.73 Å². The van der Waals surface area contributed by atoms with Gasteiger partial charge in [-0.25, -0.2) is 0 Å². The first kappa shape index (κ1) is 15.2. The molecule has 0 aliphatic heterocycles. The van der Waals surface area contributed by atoms with Gasteiger partial charge in [-0.3, -0.25) is 9.59 Å². The molecule has 0 radical (unpaired) electrons. The second-order valence-electron chi connectivity index (χ2n) is 4.85. The number of aryl methyl sites for hydroxylation is 1. The van der Waals surface area contributed by atoms with Gasteiger partial charge in [0.15, 0.2) is 0 Å². The van der Waals surface area contributed by atoms with E-state index in [0.717, 1.165) is 11.1 Å².